The molecule has 0 aromatic heterocycles. The van der Waals surface area contributed by atoms with Crippen LogP contribution in [-0.4, -0.2) is 17.4 Å². The van der Waals surface area contributed by atoms with Gasteiger partial charge in [0, 0.05) is 28.8 Å². The lowest BCUT2D eigenvalue weighted by Gasteiger charge is -2.30. The number of fused-ring (bicyclic) bond motifs is 1. The highest BCUT2D eigenvalue weighted by molar-refractivity contribution is 9.10. The zero-order valence-electron chi connectivity index (χ0n) is 11.9. The van der Waals surface area contributed by atoms with E-state index in [1.165, 1.54) is 5.56 Å². The summed E-state index contributed by atoms with van der Waals surface area (Å²) in [5.74, 6) is 0.0908. The van der Waals surface area contributed by atoms with Crippen LogP contribution in [-0.2, 0) is 13.0 Å². The quantitative estimate of drug-likeness (QED) is 0.804. The SMILES string of the molecule is Cc1cc(Br)ccc1C(=O)N1CCc2c(N)cccc2C1. The number of nitrogens with zero attached hydrogens (tertiary/aromatic N) is 1. The maximum absolute atomic E-state index is 12.7. The van der Waals surface area contributed by atoms with Gasteiger partial charge in [0.2, 0.25) is 0 Å². The molecule has 0 aliphatic carbocycles. The molecule has 1 amide bonds. The van der Waals surface area contributed by atoms with Crippen LogP contribution in [0.2, 0.25) is 0 Å². The summed E-state index contributed by atoms with van der Waals surface area (Å²) in [7, 11) is 0. The van der Waals surface area contributed by atoms with E-state index in [-0.39, 0.29) is 5.91 Å². The molecule has 0 fully saturated rings. The highest BCUT2D eigenvalue weighted by Crippen LogP contribution is 2.26. The number of carbonyl (C=O) groups is 1. The molecule has 1 aliphatic rings. The minimum absolute atomic E-state index is 0.0908. The standard InChI is InChI=1S/C17H17BrN2O/c1-11-9-13(18)5-6-14(11)17(21)20-8-7-15-12(10-20)3-2-4-16(15)19/h2-6,9H,7-8,10,19H2,1H3. The van der Waals surface area contributed by atoms with E-state index in [0.717, 1.165) is 39.8 Å². The van der Waals surface area contributed by atoms with Crippen LogP contribution in [0.15, 0.2) is 40.9 Å². The predicted molar refractivity (Wildman–Crippen MR) is 88.2 cm³/mol. The van der Waals surface area contributed by atoms with Crippen molar-refractivity contribution in [3.63, 3.8) is 0 Å². The zero-order chi connectivity index (χ0) is 15.0. The van der Waals surface area contributed by atoms with Gasteiger partial charge in [-0.15, -0.1) is 0 Å². The summed E-state index contributed by atoms with van der Waals surface area (Å²) in [4.78, 5) is 14.6. The summed E-state index contributed by atoms with van der Waals surface area (Å²) >= 11 is 3.43. The summed E-state index contributed by atoms with van der Waals surface area (Å²) in [5, 5.41) is 0. The first-order valence-electron chi connectivity index (χ1n) is 6.98. The van der Waals surface area contributed by atoms with Crippen LogP contribution in [0.4, 0.5) is 5.69 Å². The molecule has 1 heterocycles. The Morgan fingerprint density at radius 3 is 2.86 bits per heavy atom. The molecule has 0 saturated heterocycles. The fraction of sp³-hybridized carbons (Fsp3) is 0.235. The smallest absolute Gasteiger partial charge is 0.254 e. The van der Waals surface area contributed by atoms with E-state index in [2.05, 4.69) is 22.0 Å². The van der Waals surface area contributed by atoms with Crippen LogP contribution in [0.1, 0.15) is 27.0 Å². The van der Waals surface area contributed by atoms with Gasteiger partial charge in [-0.05, 0) is 54.3 Å². The lowest BCUT2D eigenvalue weighted by Crippen LogP contribution is -2.36. The molecule has 0 bridgehead atoms. The number of nitrogen functional groups attached to an aromatic ring is 1. The molecule has 0 spiro atoms. The maximum Gasteiger partial charge on any atom is 0.254 e. The second-order valence-corrected chi connectivity index (χ2v) is 6.34. The first-order chi connectivity index (χ1) is 10.1. The molecule has 0 atom stereocenters. The average molecular weight is 345 g/mol. The lowest BCUT2D eigenvalue weighted by atomic mass is 9.97. The Kier molecular flexibility index (Phi) is 3.72. The third-order valence-electron chi connectivity index (χ3n) is 4.01. The van der Waals surface area contributed by atoms with Crippen LogP contribution in [0.25, 0.3) is 0 Å². The van der Waals surface area contributed by atoms with Gasteiger partial charge in [0.05, 0.1) is 0 Å². The zero-order valence-corrected chi connectivity index (χ0v) is 13.5. The van der Waals surface area contributed by atoms with Crippen molar-refractivity contribution in [2.24, 2.45) is 0 Å². The van der Waals surface area contributed by atoms with Crippen LogP contribution in [0.5, 0.6) is 0 Å². The fourth-order valence-electron chi connectivity index (χ4n) is 2.85. The number of amides is 1. The van der Waals surface area contributed by atoms with E-state index in [1.54, 1.807) is 0 Å². The number of hydrogen-bond acceptors (Lipinski definition) is 2. The van der Waals surface area contributed by atoms with Crippen molar-refractivity contribution < 1.29 is 4.79 Å². The van der Waals surface area contributed by atoms with Crippen molar-refractivity contribution in [2.45, 2.75) is 19.9 Å². The van der Waals surface area contributed by atoms with E-state index < -0.39 is 0 Å². The Morgan fingerprint density at radius 1 is 1.29 bits per heavy atom. The van der Waals surface area contributed by atoms with Crippen LogP contribution in [0, 0.1) is 6.92 Å². The molecule has 4 heteroatoms. The summed E-state index contributed by atoms with van der Waals surface area (Å²) < 4.78 is 0.994. The monoisotopic (exact) mass is 344 g/mol. The van der Waals surface area contributed by atoms with Gasteiger partial charge in [-0.1, -0.05) is 28.1 Å². The van der Waals surface area contributed by atoms with Gasteiger partial charge in [0.25, 0.3) is 5.91 Å². The number of benzene rings is 2. The first-order valence-corrected chi connectivity index (χ1v) is 7.77. The van der Waals surface area contributed by atoms with Gasteiger partial charge in [0.15, 0.2) is 0 Å². The van der Waals surface area contributed by atoms with Crippen LogP contribution in [0.3, 0.4) is 0 Å². The number of carbonyl (C=O) groups excluding carboxylic acids is 1. The molecule has 0 radical (unpaired) electrons. The number of rotatable bonds is 1. The van der Waals surface area contributed by atoms with Crippen LogP contribution >= 0.6 is 15.9 Å². The summed E-state index contributed by atoms with van der Waals surface area (Å²) in [6.45, 7) is 3.32. The summed E-state index contributed by atoms with van der Waals surface area (Å²) in [6.07, 6.45) is 0.823. The molecule has 0 unspecified atom stereocenters. The van der Waals surface area contributed by atoms with Crippen LogP contribution < -0.4 is 5.73 Å². The minimum atomic E-state index is 0.0908. The Hall–Kier alpha value is -1.81. The summed E-state index contributed by atoms with van der Waals surface area (Å²) in [5.41, 5.74) is 10.9. The van der Waals surface area contributed by atoms with Gasteiger partial charge in [0.1, 0.15) is 0 Å². The minimum Gasteiger partial charge on any atom is -0.398 e. The Balaban J connectivity index is 1.87. The number of halogens is 1. The van der Waals surface area contributed by atoms with Crippen molar-refractivity contribution in [1.82, 2.24) is 4.90 Å². The Morgan fingerprint density at radius 2 is 2.10 bits per heavy atom. The second kappa shape index (κ2) is 5.53. The Bertz CT molecular complexity index is 712. The first kappa shape index (κ1) is 14.1. The second-order valence-electron chi connectivity index (χ2n) is 5.42. The molecule has 0 saturated carbocycles. The summed E-state index contributed by atoms with van der Waals surface area (Å²) in [6, 6.07) is 11.7. The normalized spacial score (nSPS) is 13.9. The van der Waals surface area contributed by atoms with Gasteiger partial charge in [-0.2, -0.15) is 0 Å². The highest BCUT2D eigenvalue weighted by Gasteiger charge is 2.23. The number of hydrogen-bond donors (Lipinski definition) is 1. The number of anilines is 1. The van der Waals surface area contributed by atoms with E-state index >= 15 is 0 Å². The molecule has 2 N–H and O–H groups in total. The maximum atomic E-state index is 12.7. The molecule has 3 rings (SSSR count). The van der Waals surface area contributed by atoms with E-state index in [0.29, 0.717) is 6.54 Å². The van der Waals surface area contributed by atoms with Gasteiger partial charge in [-0.3, -0.25) is 4.79 Å². The van der Waals surface area contributed by atoms with E-state index in [9.17, 15) is 4.79 Å². The van der Waals surface area contributed by atoms with Gasteiger partial charge in [-0.25, -0.2) is 0 Å². The third-order valence-corrected chi connectivity index (χ3v) is 4.50. The van der Waals surface area contributed by atoms with Crippen molar-refractivity contribution in [3.8, 4) is 0 Å². The Labute approximate surface area is 132 Å². The number of aryl methyl sites for hydroxylation is 1. The van der Waals surface area contributed by atoms with Crippen molar-refractivity contribution in [1.29, 1.82) is 0 Å². The third kappa shape index (κ3) is 2.68. The lowest BCUT2D eigenvalue weighted by molar-refractivity contribution is 0.0734. The fourth-order valence-corrected chi connectivity index (χ4v) is 3.33. The van der Waals surface area contributed by atoms with Gasteiger partial charge >= 0.3 is 0 Å². The molecular weight excluding hydrogens is 328 g/mol. The molecule has 1 aliphatic heterocycles. The topological polar surface area (TPSA) is 46.3 Å². The molecular formula is C17H17BrN2O. The molecule has 21 heavy (non-hydrogen) atoms. The van der Waals surface area contributed by atoms with Crippen molar-refractivity contribution >= 4 is 27.5 Å². The predicted octanol–water partition coefficient (Wildman–Crippen LogP) is 3.54. The molecule has 3 nitrogen and oxygen atoms in total. The van der Waals surface area contributed by atoms with Gasteiger partial charge < -0.3 is 10.6 Å². The number of nitrogens with two attached hydrogens (primary N) is 1. The highest BCUT2D eigenvalue weighted by atomic mass is 79.9. The van der Waals surface area contributed by atoms with E-state index in [1.807, 2.05) is 42.2 Å². The largest absolute Gasteiger partial charge is 0.398 e. The molecule has 2 aromatic carbocycles. The van der Waals surface area contributed by atoms with Crippen molar-refractivity contribution in [3.05, 3.63) is 63.1 Å². The molecule has 2 aromatic rings. The van der Waals surface area contributed by atoms with Crippen molar-refractivity contribution in [2.75, 3.05) is 12.3 Å². The average Bonchev–Trinajstić information content (AvgIpc) is 2.46. The molecule has 108 valence electrons. The van der Waals surface area contributed by atoms with E-state index in [4.69, 9.17) is 5.73 Å².